The van der Waals surface area contributed by atoms with Crippen LogP contribution in [0, 0.1) is 0 Å². The van der Waals surface area contributed by atoms with Gasteiger partial charge in [0, 0.05) is 17.1 Å². The number of carbonyl (C=O) groups excluding carboxylic acids is 1. The fraction of sp³-hybridized carbons (Fsp3) is 0.250. The van der Waals surface area contributed by atoms with Crippen molar-refractivity contribution in [2.24, 2.45) is 0 Å². The van der Waals surface area contributed by atoms with E-state index in [4.69, 9.17) is 16.7 Å². The van der Waals surface area contributed by atoms with Crippen LogP contribution in [-0.2, 0) is 17.9 Å². The Bertz CT molecular complexity index is 570. The van der Waals surface area contributed by atoms with Crippen LogP contribution in [-0.4, -0.2) is 26.0 Å². The Morgan fingerprint density at radius 1 is 1.47 bits per heavy atom. The summed E-state index contributed by atoms with van der Waals surface area (Å²) in [4.78, 5) is 11.7. The normalized spacial score (nSPS) is 10.4. The second-order valence-electron chi connectivity index (χ2n) is 3.94. The molecule has 2 aromatic rings. The lowest BCUT2D eigenvalue weighted by molar-refractivity contribution is -0.116. The van der Waals surface area contributed by atoms with E-state index < -0.39 is 0 Å². The third-order valence-corrected chi connectivity index (χ3v) is 2.66. The molecule has 0 atom stereocenters. The molecule has 0 unspecified atom stereocenters. The Morgan fingerprint density at radius 3 is 3.00 bits per heavy atom. The van der Waals surface area contributed by atoms with Gasteiger partial charge >= 0.3 is 0 Å². The molecule has 0 aliphatic rings. The highest BCUT2D eigenvalue weighted by atomic mass is 35.5. The Labute approximate surface area is 115 Å². The number of nitrogens with zero attached hydrogens (tertiary/aromatic N) is 3. The Kier molecular flexibility index (Phi) is 4.48. The van der Waals surface area contributed by atoms with Crippen LogP contribution in [0.5, 0.6) is 0 Å². The molecule has 19 heavy (non-hydrogen) atoms. The summed E-state index contributed by atoms with van der Waals surface area (Å²) >= 11 is 5.82. The molecule has 2 rings (SSSR count). The molecule has 2 N–H and O–H groups in total. The molecule has 0 radical (unpaired) electrons. The number of carbonyl (C=O) groups is 1. The minimum atomic E-state index is -0.158. The molecule has 6 nitrogen and oxygen atoms in total. The molecule has 1 heterocycles. The second-order valence-corrected chi connectivity index (χ2v) is 4.38. The molecular weight excluding hydrogens is 268 g/mol. The van der Waals surface area contributed by atoms with Gasteiger partial charge in [-0.05, 0) is 18.2 Å². The van der Waals surface area contributed by atoms with Crippen LogP contribution in [0.15, 0.2) is 30.5 Å². The van der Waals surface area contributed by atoms with Gasteiger partial charge in [0.1, 0.15) is 5.69 Å². The molecular formula is C12H13ClN4O2. The van der Waals surface area contributed by atoms with Crippen molar-refractivity contribution in [1.29, 1.82) is 0 Å². The first kappa shape index (κ1) is 13.5. The maximum atomic E-state index is 11.7. The van der Waals surface area contributed by atoms with Crippen molar-refractivity contribution >= 4 is 23.2 Å². The number of amides is 1. The quantitative estimate of drug-likeness (QED) is 0.869. The number of aliphatic hydroxyl groups excluding tert-OH is 1. The molecule has 1 aromatic carbocycles. The van der Waals surface area contributed by atoms with E-state index in [-0.39, 0.29) is 18.9 Å². The predicted molar refractivity (Wildman–Crippen MR) is 70.6 cm³/mol. The molecule has 1 aromatic heterocycles. The Morgan fingerprint density at radius 2 is 2.32 bits per heavy atom. The zero-order valence-corrected chi connectivity index (χ0v) is 10.8. The summed E-state index contributed by atoms with van der Waals surface area (Å²) in [6.45, 7) is 0.244. The third-order valence-electron chi connectivity index (χ3n) is 2.42. The van der Waals surface area contributed by atoms with Gasteiger partial charge in [0.05, 0.1) is 19.3 Å². The number of hydrogen-bond donors (Lipinski definition) is 2. The molecule has 0 aliphatic carbocycles. The maximum absolute atomic E-state index is 11.7. The molecule has 0 spiro atoms. The summed E-state index contributed by atoms with van der Waals surface area (Å²) in [5, 5.41) is 19.7. The van der Waals surface area contributed by atoms with Gasteiger partial charge in [0.2, 0.25) is 5.91 Å². The largest absolute Gasteiger partial charge is 0.390 e. The van der Waals surface area contributed by atoms with Gasteiger partial charge in [-0.1, -0.05) is 22.9 Å². The van der Waals surface area contributed by atoms with E-state index in [1.54, 1.807) is 30.5 Å². The summed E-state index contributed by atoms with van der Waals surface area (Å²) < 4.78 is 1.52. The summed E-state index contributed by atoms with van der Waals surface area (Å²) in [6.07, 6.45) is 1.87. The first-order chi connectivity index (χ1) is 9.17. The van der Waals surface area contributed by atoms with E-state index in [0.29, 0.717) is 22.9 Å². The van der Waals surface area contributed by atoms with Crippen molar-refractivity contribution in [2.75, 3.05) is 5.32 Å². The number of rotatable bonds is 5. The van der Waals surface area contributed by atoms with Gasteiger partial charge in [-0.2, -0.15) is 0 Å². The monoisotopic (exact) mass is 280 g/mol. The highest BCUT2D eigenvalue weighted by molar-refractivity contribution is 6.30. The topological polar surface area (TPSA) is 80.0 Å². The van der Waals surface area contributed by atoms with Crippen LogP contribution in [0.2, 0.25) is 5.02 Å². The minimum absolute atomic E-state index is 0.136. The number of benzene rings is 1. The molecule has 0 aliphatic heterocycles. The van der Waals surface area contributed by atoms with Crippen molar-refractivity contribution < 1.29 is 9.90 Å². The standard InChI is InChI=1S/C12H13ClN4O2/c13-9-2-1-3-10(6-9)14-12(19)4-5-17-7-11(8-18)15-16-17/h1-3,6-7,18H,4-5,8H2,(H,14,19). The van der Waals surface area contributed by atoms with E-state index >= 15 is 0 Å². The first-order valence-corrected chi connectivity index (χ1v) is 6.10. The Balaban J connectivity index is 1.84. The summed E-state index contributed by atoms with van der Waals surface area (Å²) in [6, 6.07) is 6.95. The van der Waals surface area contributed by atoms with Gasteiger partial charge in [-0.25, -0.2) is 0 Å². The predicted octanol–water partition coefficient (Wildman–Crippen LogP) is 1.45. The molecule has 1 amide bonds. The number of aliphatic hydroxyl groups is 1. The molecule has 100 valence electrons. The van der Waals surface area contributed by atoms with Crippen LogP contribution < -0.4 is 5.32 Å². The third kappa shape index (κ3) is 4.04. The fourth-order valence-corrected chi connectivity index (χ4v) is 1.72. The summed E-state index contributed by atoms with van der Waals surface area (Å²) in [5.41, 5.74) is 1.14. The first-order valence-electron chi connectivity index (χ1n) is 5.72. The van der Waals surface area contributed by atoms with Crippen molar-refractivity contribution in [2.45, 2.75) is 19.6 Å². The van der Waals surface area contributed by atoms with E-state index in [9.17, 15) is 4.79 Å². The van der Waals surface area contributed by atoms with Crippen molar-refractivity contribution in [1.82, 2.24) is 15.0 Å². The lowest BCUT2D eigenvalue weighted by atomic mass is 10.3. The van der Waals surface area contributed by atoms with Crippen LogP contribution in [0.25, 0.3) is 0 Å². The summed E-state index contributed by atoms with van der Waals surface area (Å²) in [7, 11) is 0. The van der Waals surface area contributed by atoms with Gasteiger partial charge < -0.3 is 10.4 Å². The van der Waals surface area contributed by atoms with Crippen LogP contribution in [0.3, 0.4) is 0 Å². The van der Waals surface area contributed by atoms with Crippen molar-refractivity contribution in [3.8, 4) is 0 Å². The minimum Gasteiger partial charge on any atom is -0.390 e. The van der Waals surface area contributed by atoms with E-state index in [1.807, 2.05) is 0 Å². The molecule has 0 saturated carbocycles. The molecule has 0 bridgehead atoms. The molecule has 0 saturated heterocycles. The fourth-order valence-electron chi connectivity index (χ4n) is 1.53. The average Bonchev–Trinajstić information content (AvgIpc) is 2.84. The van der Waals surface area contributed by atoms with Gasteiger partial charge in [0.25, 0.3) is 0 Å². The maximum Gasteiger partial charge on any atom is 0.226 e. The Hall–Kier alpha value is -1.92. The highest BCUT2D eigenvalue weighted by Gasteiger charge is 2.05. The lowest BCUT2D eigenvalue weighted by Gasteiger charge is -2.05. The molecule has 7 heteroatoms. The number of aromatic nitrogens is 3. The van der Waals surface area contributed by atoms with Crippen LogP contribution >= 0.6 is 11.6 Å². The smallest absolute Gasteiger partial charge is 0.226 e. The SMILES string of the molecule is O=C(CCn1cc(CO)nn1)Nc1cccc(Cl)c1. The van der Waals surface area contributed by atoms with Gasteiger partial charge in [-0.3, -0.25) is 9.48 Å². The van der Waals surface area contributed by atoms with Crippen LogP contribution in [0.4, 0.5) is 5.69 Å². The average molecular weight is 281 g/mol. The van der Waals surface area contributed by atoms with Crippen LogP contribution in [0.1, 0.15) is 12.1 Å². The zero-order chi connectivity index (χ0) is 13.7. The number of nitrogens with one attached hydrogen (secondary N) is 1. The number of halogens is 1. The van der Waals surface area contributed by atoms with E-state index in [0.717, 1.165) is 0 Å². The van der Waals surface area contributed by atoms with Crippen molar-refractivity contribution in [3.63, 3.8) is 0 Å². The summed E-state index contributed by atoms with van der Waals surface area (Å²) in [5.74, 6) is -0.136. The number of aryl methyl sites for hydroxylation is 1. The van der Waals surface area contributed by atoms with Gasteiger partial charge in [0.15, 0.2) is 0 Å². The van der Waals surface area contributed by atoms with Crippen molar-refractivity contribution in [3.05, 3.63) is 41.2 Å². The molecule has 0 fully saturated rings. The highest BCUT2D eigenvalue weighted by Crippen LogP contribution is 2.14. The van der Waals surface area contributed by atoms with E-state index in [2.05, 4.69) is 15.6 Å². The second kappa shape index (κ2) is 6.31. The van der Waals surface area contributed by atoms with E-state index in [1.165, 1.54) is 4.68 Å². The number of hydrogen-bond acceptors (Lipinski definition) is 4. The lowest BCUT2D eigenvalue weighted by Crippen LogP contribution is -2.14. The number of anilines is 1. The van der Waals surface area contributed by atoms with Gasteiger partial charge in [-0.15, -0.1) is 5.10 Å². The zero-order valence-electron chi connectivity index (χ0n) is 10.1.